The van der Waals surface area contributed by atoms with Gasteiger partial charge >= 0.3 is 6.18 Å². The third-order valence-electron chi connectivity index (χ3n) is 4.69. The number of aryl methyl sites for hydroxylation is 2. The van der Waals surface area contributed by atoms with E-state index in [9.17, 15) is 23.1 Å². The van der Waals surface area contributed by atoms with Crippen molar-refractivity contribution in [2.75, 3.05) is 12.3 Å². The van der Waals surface area contributed by atoms with E-state index in [1.807, 2.05) is 0 Å². The fourth-order valence-corrected chi connectivity index (χ4v) is 3.11. The van der Waals surface area contributed by atoms with Crippen molar-refractivity contribution in [2.45, 2.75) is 32.5 Å². The molecule has 0 fully saturated rings. The van der Waals surface area contributed by atoms with Crippen LogP contribution in [0.15, 0.2) is 30.6 Å². The fraction of sp³-hybridized carbons (Fsp3) is 0.316. The molecule has 2 aromatic heterocycles. The Hall–Kier alpha value is -3.14. The van der Waals surface area contributed by atoms with E-state index < -0.39 is 29.8 Å². The van der Waals surface area contributed by atoms with Gasteiger partial charge in [-0.3, -0.25) is 9.20 Å². The number of fused-ring (bicyclic) bond motifs is 1. The van der Waals surface area contributed by atoms with E-state index in [1.165, 1.54) is 24.4 Å². The number of amides is 1. The fourth-order valence-electron chi connectivity index (χ4n) is 3.11. The number of aromatic nitrogens is 3. The minimum Gasteiger partial charge on any atom is -0.381 e. The molecule has 154 valence electrons. The lowest BCUT2D eigenvalue weighted by molar-refractivity contribution is -0.264. The van der Waals surface area contributed by atoms with Gasteiger partial charge in [0, 0.05) is 18.7 Å². The van der Waals surface area contributed by atoms with Gasteiger partial charge in [-0.2, -0.15) is 13.2 Å². The van der Waals surface area contributed by atoms with E-state index in [0.717, 1.165) is 6.92 Å². The molecule has 3 aromatic rings. The second-order valence-electron chi connectivity index (χ2n) is 6.90. The number of benzene rings is 1. The lowest BCUT2D eigenvalue weighted by atomic mass is 9.89. The van der Waals surface area contributed by atoms with Crippen molar-refractivity contribution in [3.63, 3.8) is 0 Å². The standard InChI is InChI=1S/C19H20F3N5O2/c1-10-4-5-13(18(29,19(20,21)22)9-25-12(3)28)6-14(10)15-7-24-17-16(23)26-11(2)8-27(15)17/h4-8,29H,9H2,1-3H3,(H2,23,26)(H,25,28). The highest BCUT2D eigenvalue weighted by Crippen LogP contribution is 2.40. The SMILES string of the molecule is CC(=O)NCC(O)(c1ccc(C)c(-c2cnc3c(N)nc(C)cn23)c1)C(F)(F)F. The van der Waals surface area contributed by atoms with E-state index in [0.29, 0.717) is 28.2 Å². The van der Waals surface area contributed by atoms with Crippen molar-refractivity contribution in [3.8, 4) is 11.3 Å². The Bertz CT molecular complexity index is 1090. The number of carbonyl (C=O) groups is 1. The van der Waals surface area contributed by atoms with E-state index >= 15 is 0 Å². The Kier molecular flexibility index (Phi) is 4.99. The van der Waals surface area contributed by atoms with Crippen LogP contribution in [0.25, 0.3) is 16.9 Å². The monoisotopic (exact) mass is 407 g/mol. The molecule has 3 rings (SSSR count). The third kappa shape index (κ3) is 3.63. The molecule has 10 heteroatoms. The number of imidazole rings is 1. The van der Waals surface area contributed by atoms with Crippen LogP contribution in [0.1, 0.15) is 23.7 Å². The minimum absolute atomic E-state index is 0.197. The van der Waals surface area contributed by atoms with Crippen LogP contribution in [0.5, 0.6) is 0 Å². The molecule has 29 heavy (non-hydrogen) atoms. The van der Waals surface area contributed by atoms with Crippen LogP contribution in [0.2, 0.25) is 0 Å². The molecule has 0 aliphatic heterocycles. The number of aliphatic hydroxyl groups is 1. The maximum Gasteiger partial charge on any atom is 0.423 e. The summed E-state index contributed by atoms with van der Waals surface area (Å²) in [7, 11) is 0. The van der Waals surface area contributed by atoms with Crippen LogP contribution in [0, 0.1) is 13.8 Å². The van der Waals surface area contributed by atoms with Gasteiger partial charge in [-0.25, -0.2) is 9.97 Å². The molecule has 4 N–H and O–H groups in total. The van der Waals surface area contributed by atoms with E-state index in [2.05, 4.69) is 15.3 Å². The first-order valence-electron chi connectivity index (χ1n) is 8.69. The average Bonchev–Trinajstić information content (AvgIpc) is 3.03. The Balaban J connectivity index is 2.19. The van der Waals surface area contributed by atoms with E-state index in [1.54, 1.807) is 24.4 Å². The number of nitrogen functional groups attached to an aromatic ring is 1. The first-order valence-corrected chi connectivity index (χ1v) is 8.69. The molecule has 0 radical (unpaired) electrons. The summed E-state index contributed by atoms with van der Waals surface area (Å²) in [4.78, 5) is 19.5. The number of hydrogen-bond donors (Lipinski definition) is 3. The molecule has 1 aromatic carbocycles. The highest BCUT2D eigenvalue weighted by molar-refractivity contribution is 5.73. The van der Waals surface area contributed by atoms with Gasteiger partial charge < -0.3 is 16.2 Å². The maximum atomic E-state index is 13.7. The highest BCUT2D eigenvalue weighted by atomic mass is 19.4. The second-order valence-corrected chi connectivity index (χ2v) is 6.90. The largest absolute Gasteiger partial charge is 0.423 e. The van der Waals surface area contributed by atoms with Crippen molar-refractivity contribution in [1.29, 1.82) is 0 Å². The quantitative estimate of drug-likeness (QED) is 0.616. The molecule has 1 unspecified atom stereocenters. The summed E-state index contributed by atoms with van der Waals surface area (Å²) < 4.78 is 42.8. The van der Waals surface area contributed by atoms with Gasteiger partial charge in [-0.1, -0.05) is 12.1 Å². The molecule has 0 spiro atoms. The number of nitrogens with one attached hydrogen (secondary N) is 1. The second kappa shape index (κ2) is 7.03. The Labute approximate surface area is 164 Å². The van der Waals surface area contributed by atoms with Gasteiger partial charge in [0.15, 0.2) is 11.5 Å². The molecule has 0 bridgehead atoms. The summed E-state index contributed by atoms with van der Waals surface area (Å²) >= 11 is 0. The van der Waals surface area contributed by atoms with Crippen LogP contribution in [-0.4, -0.2) is 38.1 Å². The lowest BCUT2D eigenvalue weighted by Gasteiger charge is -2.31. The summed E-state index contributed by atoms with van der Waals surface area (Å²) in [6, 6.07) is 3.92. The first kappa shape index (κ1) is 20.6. The summed E-state index contributed by atoms with van der Waals surface area (Å²) in [6.07, 6.45) is -1.85. The zero-order chi connectivity index (χ0) is 21.6. The van der Waals surface area contributed by atoms with Gasteiger partial charge in [0.25, 0.3) is 0 Å². The predicted octanol–water partition coefficient (Wildman–Crippen LogP) is 2.48. The molecular weight excluding hydrogens is 387 g/mol. The first-order chi connectivity index (χ1) is 13.4. The van der Waals surface area contributed by atoms with E-state index in [4.69, 9.17) is 5.73 Å². The maximum absolute atomic E-state index is 13.7. The molecule has 7 nitrogen and oxygen atoms in total. The average molecular weight is 407 g/mol. The highest BCUT2D eigenvalue weighted by Gasteiger charge is 2.55. The zero-order valence-corrected chi connectivity index (χ0v) is 16.0. The lowest BCUT2D eigenvalue weighted by Crippen LogP contribution is -2.50. The van der Waals surface area contributed by atoms with Crippen molar-refractivity contribution < 1.29 is 23.1 Å². The predicted molar refractivity (Wildman–Crippen MR) is 101 cm³/mol. The van der Waals surface area contributed by atoms with Crippen LogP contribution in [0.3, 0.4) is 0 Å². The summed E-state index contributed by atoms with van der Waals surface area (Å²) in [5.74, 6) is -0.484. The molecule has 0 aliphatic carbocycles. The molecule has 0 saturated heterocycles. The van der Waals surface area contributed by atoms with Crippen molar-refractivity contribution >= 4 is 17.4 Å². The molecule has 1 atom stereocenters. The normalized spacial score (nSPS) is 14.0. The summed E-state index contributed by atoms with van der Waals surface area (Å²) in [5.41, 5.74) is 4.84. The number of carbonyl (C=O) groups excluding carboxylic acids is 1. The number of rotatable bonds is 4. The number of alkyl halides is 3. The Morgan fingerprint density at radius 3 is 2.62 bits per heavy atom. The molecule has 1 amide bonds. The summed E-state index contributed by atoms with van der Waals surface area (Å²) in [6.45, 7) is 3.54. The van der Waals surface area contributed by atoms with Gasteiger partial charge in [0.2, 0.25) is 11.5 Å². The summed E-state index contributed by atoms with van der Waals surface area (Å²) in [5, 5.41) is 12.5. The van der Waals surface area contributed by atoms with Crippen LogP contribution < -0.4 is 11.1 Å². The van der Waals surface area contributed by atoms with Crippen LogP contribution in [-0.2, 0) is 10.4 Å². The molecular formula is C19H20F3N5O2. The number of anilines is 1. The van der Waals surface area contributed by atoms with Gasteiger partial charge in [0.1, 0.15) is 0 Å². The number of hydrogen-bond acceptors (Lipinski definition) is 5. The third-order valence-corrected chi connectivity index (χ3v) is 4.69. The molecule has 0 aliphatic rings. The Morgan fingerprint density at radius 2 is 2.00 bits per heavy atom. The van der Waals surface area contributed by atoms with Crippen molar-refractivity contribution in [2.24, 2.45) is 0 Å². The van der Waals surface area contributed by atoms with Crippen molar-refractivity contribution in [3.05, 3.63) is 47.4 Å². The number of nitrogens with zero attached hydrogens (tertiary/aromatic N) is 3. The molecule has 0 saturated carbocycles. The zero-order valence-electron chi connectivity index (χ0n) is 16.0. The topological polar surface area (TPSA) is 106 Å². The van der Waals surface area contributed by atoms with Gasteiger partial charge in [-0.15, -0.1) is 0 Å². The smallest absolute Gasteiger partial charge is 0.381 e. The van der Waals surface area contributed by atoms with Crippen molar-refractivity contribution in [1.82, 2.24) is 19.7 Å². The Morgan fingerprint density at radius 1 is 1.31 bits per heavy atom. The number of nitrogens with two attached hydrogens (primary N) is 1. The van der Waals surface area contributed by atoms with Gasteiger partial charge in [-0.05, 0) is 31.0 Å². The number of halogens is 3. The minimum atomic E-state index is -5.01. The van der Waals surface area contributed by atoms with Crippen LogP contribution in [0.4, 0.5) is 19.0 Å². The van der Waals surface area contributed by atoms with Crippen LogP contribution >= 0.6 is 0 Å². The van der Waals surface area contributed by atoms with Gasteiger partial charge in [0.05, 0.1) is 24.1 Å². The molecule has 2 heterocycles. The van der Waals surface area contributed by atoms with E-state index in [-0.39, 0.29) is 5.82 Å².